The number of morpholine rings is 1. The van der Waals surface area contributed by atoms with Crippen molar-refractivity contribution in [3.8, 4) is 11.8 Å². The molecule has 1 saturated heterocycles. The number of anilines is 3. The third-order valence-electron chi connectivity index (χ3n) is 5.42. The molecule has 5 rings (SSSR count). The maximum atomic E-state index is 15.1. The summed E-state index contributed by atoms with van der Waals surface area (Å²) >= 11 is 0. The summed E-state index contributed by atoms with van der Waals surface area (Å²) in [4.78, 5) is 14.1. The van der Waals surface area contributed by atoms with Crippen LogP contribution in [0.4, 0.5) is 21.8 Å². The Hall–Kier alpha value is -3.70. The highest BCUT2D eigenvalue weighted by molar-refractivity contribution is 5.82. The Labute approximate surface area is 189 Å². The molecule has 1 aromatic carbocycles. The number of hydrogen-bond acceptors (Lipinski definition) is 8. The molecule has 10 nitrogen and oxygen atoms in total. The molecule has 4 aromatic rings. The minimum Gasteiger partial charge on any atom is -0.421 e. The van der Waals surface area contributed by atoms with Crippen molar-refractivity contribution in [2.75, 3.05) is 36.5 Å². The molecule has 1 unspecified atom stereocenters. The van der Waals surface area contributed by atoms with Crippen molar-refractivity contribution in [1.82, 2.24) is 25.1 Å². The van der Waals surface area contributed by atoms with Gasteiger partial charge in [-0.25, -0.2) is 4.39 Å². The number of halogens is 1. The standard InChI is InChI=1S/C22H25FN8O2/c1-12-7-15-16(25-12)3-4-17(21(15)23)33-22-27-18(26-19-8-13(2)29-30-19)9-20(28-22)31-5-6-32-14(10-24)11-31/h3-4,7-9,14,25H,5-6,10-11,24H2,1-2H3,(H2,26,27,28,29,30). The number of aromatic amines is 2. The Morgan fingerprint density at radius 1 is 1.21 bits per heavy atom. The van der Waals surface area contributed by atoms with E-state index in [1.165, 1.54) is 0 Å². The maximum absolute atomic E-state index is 15.1. The van der Waals surface area contributed by atoms with Gasteiger partial charge in [0.2, 0.25) is 0 Å². The Balaban J connectivity index is 1.50. The highest BCUT2D eigenvalue weighted by atomic mass is 19.1. The predicted octanol–water partition coefficient (Wildman–Crippen LogP) is 3.14. The molecule has 33 heavy (non-hydrogen) atoms. The van der Waals surface area contributed by atoms with Gasteiger partial charge in [0.15, 0.2) is 17.4 Å². The minimum absolute atomic E-state index is 0.0172. The smallest absolute Gasteiger partial charge is 0.326 e. The number of aryl methyl sites for hydroxylation is 2. The van der Waals surface area contributed by atoms with Crippen LogP contribution < -0.4 is 20.7 Å². The van der Waals surface area contributed by atoms with Gasteiger partial charge in [-0.3, -0.25) is 5.10 Å². The van der Waals surface area contributed by atoms with E-state index in [4.69, 9.17) is 15.2 Å². The van der Waals surface area contributed by atoms with Crippen LogP contribution >= 0.6 is 0 Å². The molecule has 0 radical (unpaired) electrons. The molecule has 11 heteroatoms. The SMILES string of the molecule is Cc1cc(Nc2cc(N3CCOC(CN)C3)nc(Oc3ccc4[nH]c(C)cc4c3F)n2)n[nH]1. The zero-order chi connectivity index (χ0) is 22.9. The lowest BCUT2D eigenvalue weighted by atomic mass is 10.2. The molecule has 1 fully saturated rings. The van der Waals surface area contributed by atoms with Gasteiger partial charge in [-0.05, 0) is 32.0 Å². The van der Waals surface area contributed by atoms with Crippen LogP contribution in [0.3, 0.4) is 0 Å². The monoisotopic (exact) mass is 452 g/mol. The number of fused-ring (bicyclic) bond motifs is 1. The van der Waals surface area contributed by atoms with Crippen molar-refractivity contribution in [3.05, 3.63) is 47.5 Å². The fourth-order valence-corrected chi connectivity index (χ4v) is 3.83. The summed E-state index contributed by atoms with van der Waals surface area (Å²) in [5.74, 6) is 1.26. The molecule has 0 aliphatic carbocycles. The van der Waals surface area contributed by atoms with E-state index in [-0.39, 0.29) is 17.9 Å². The molecule has 1 aliphatic rings. The summed E-state index contributed by atoms with van der Waals surface area (Å²) in [5.41, 5.74) is 8.26. The van der Waals surface area contributed by atoms with Gasteiger partial charge in [0.1, 0.15) is 11.6 Å². The summed E-state index contributed by atoms with van der Waals surface area (Å²) < 4.78 is 26.6. The Kier molecular flexibility index (Phi) is 5.56. The summed E-state index contributed by atoms with van der Waals surface area (Å²) in [5, 5.41) is 10.7. The summed E-state index contributed by atoms with van der Waals surface area (Å²) in [6.45, 7) is 5.93. The number of aromatic nitrogens is 5. The Morgan fingerprint density at radius 2 is 2.09 bits per heavy atom. The molecule has 0 amide bonds. The first-order chi connectivity index (χ1) is 16.0. The van der Waals surface area contributed by atoms with Gasteiger partial charge < -0.3 is 30.4 Å². The van der Waals surface area contributed by atoms with Gasteiger partial charge in [0, 0.05) is 54.1 Å². The molecule has 1 atom stereocenters. The van der Waals surface area contributed by atoms with Crippen LogP contribution in [0.15, 0.2) is 30.3 Å². The van der Waals surface area contributed by atoms with Crippen LogP contribution in [0.5, 0.6) is 11.8 Å². The molecule has 172 valence electrons. The van der Waals surface area contributed by atoms with Gasteiger partial charge in [-0.1, -0.05) is 0 Å². The number of rotatable bonds is 6. The van der Waals surface area contributed by atoms with Gasteiger partial charge in [-0.15, -0.1) is 0 Å². The van der Waals surface area contributed by atoms with Crippen LogP contribution in [0, 0.1) is 19.7 Å². The van der Waals surface area contributed by atoms with Gasteiger partial charge in [0.25, 0.3) is 0 Å². The molecular weight excluding hydrogens is 427 g/mol. The Bertz CT molecular complexity index is 1290. The minimum atomic E-state index is -0.474. The highest BCUT2D eigenvalue weighted by Crippen LogP contribution is 2.31. The lowest BCUT2D eigenvalue weighted by molar-refractivity contribution is 0.0462. The first kappa shape index (κ1) is 21.2. The predicted molar refractivity (Wildman–Crippen MR) is 123 cm³/mol. The lowest BCUT2D eigenvalue weighted by Crippen LogP contribution is -2.46. The number of hydrogen-bond donors (Lipinski definition) is 4. The number of benzene rings is 1. The van der Waals surface area contributed by atoms with Crippen molar-refractivity contribution in [1.29, 1.82) is 0 Å². The zero-order valence-corrected chi connectivity index (χ0v) is 18.4. The molecule has 3 aromatic heterocycles. The maximum Gasteiger partial charge on any atom is 0.326 e. The van der Waals surface area contributed by atoms with E-state index in [0.29, 0.717) is 54.6 Å². The normalized spacial score (nSPS) is 16.4. The third-order valence-corrected chi connectivity index (χ3v) is 5.42. The second kappa shape index (κ2) is 8.68. The third kappa shape index (κ3) is 4.45. The number of ether oxygens (including phenoxy) is 2. The van der Waals surface area contributed by atoms with E-state index in [1.807, 2.05) is 24.8 Å². The van der Waals surface area contributed by atoms with E-state index >= 15 is 4.39 Å². The first-order valence-electron chi connectivity index (χ1n) is 10.7. The summed E-state index contributed by atoms with van der Waals surface area (Å²) in [6, 6.07) is 8.73. The van der Waals surface area contributed by atoms with Gasteiger partial charge >= 0.3 is 6.01 Å². The van der Waals surface area contributed by atoms with Gasteiger partial charge in [-0.2, -0.15) is 15.1 Å². The van der Waals surface area contributed by atoms with Crippen LogP contribution in [-0.2, 0) is 4.74 Å². The molecule has 0 spiro atoms. The number of nitrogens with two attached hydrogens (primary N) is 1. The first-order valence-corrected chi connectivity index (χ1v) is 10.7. The lowest BCUT2D eigenvalue weighted by Gasteiger charge is -2.33. The van der Waals surface area contributed by atoms with Crippen molar-refractivity contribution >= 4 is 28.4 Å². The average Bonchev–Trinajstić information content (AvgIpc) is 3.40. The second-order valence-electron chi connectivity index (χ2n) is 8.02. The fraction of sp³-hybridized carbons (Fsp3) is 0.318. The van der Waals surface area contributed by atoms with Crippen LogP contribution in [0.2, 0.25) is 0 Å². The molecule has 1 aliphatic heterocycles. The number of nitrogens with one attached hydrogen (secondary N) is 3. The number of nitrogens with zero attached hydrogens (tertiary/aromatic N) is 4. The fourth-order valence-electron chi connectivity index (χ4n) is 3.83. The highest BCUT2D eigenvalue weighted by Gasteiger charge is 2.22. The molecular formula is C22H25FN8O2. The van der Waals surface area contributed by atoms with Gasteiger partial charge in [0.05, 0.1) is 12.7 Å². The van der Waals surface area contributed by atoms with Crippen molar-refractivity contribution < 1.29 is 13.9 Å². The summed E-state index contributed by atoms with van der Waals surface area (Å²) in [7, 11) is 0. The molecule has 0 bridgehead atoms. The van der Waals surface area contributed by atoms with Crippen molar-refractivity contribution in [2.45, 2.75) is 20.0 Å². The van der Waals surface area contributed by atoms with E-state index in [2.05, 4.69) is 30.5 Å². The zero-order valence-electron chi connectivity index (χ0n) is 18.4. The largest absolute Gasteiger partial charge is 0.421 e. The molecule has 0 saturated carbocycles. The van der Waals surface area contributed by atoms with Crippen molar-refractivity contribution in [3.63, 3.8) is 0 Å². The van der Waals surface area contributed by atoms with E-state index in [0.717, 1.165) is 11.4 Å². The van der Waals surface area contributed by atoms with E-state index in [1.54, 1.807) is 24.3 Å². The van der Waals surface area contributed by atoms with Crippen LogP contribution in [-0.4, -0.2) is 57.5 Å². The quantitative estimate of drug-likeness (QED) is 0.351. The van der Waals surface area contributed by atoms with E-state index < -0.39 is 5.82 Å². The Morgan fingerprint density at radius 3 is 2.88 bits per heavy atom. The van der Waals surface area contributed by atoms with E-state index in [9.17, 15) is 0 Å². The summed E-state index contributed by atoms with van der Waals surface area (Å²) in [6.07, 6.45) is -0.0971. The topological polar surface area (TPSA) is 130 Å². The van der Waals surface area contributed by atoms with Crippen LogP contribution in [0.1, 0.15) is 11.4 Å². The molecule has 4 heterocycles. The second-order valence-corrected chi connectivity index (χ2v) is 8.02. The number of H-pyrrole nitrogens is 2. The van der Waals surface area contributed by atoms with Crippen molar-refractivity contribution in [2.24, 2.45) is 5.73 Å². The van der Waals surface area contributed by atoms with Crippen LogP contribution in [0.25, 0.3) is 10.9 Å². The molecule has 5 N–H and O–H groups in total. The average molecular weight is 452 g/mol.